The zero-order valence-corrected chi connectivity index (χ0v) is 18.2. The average Bonchev–Trinajstić information content (AvgIpc) is 3.18. The summed E-state index contributed by atoms with van der Waals surface area (Å²) in [4.78, 5) is 9.26. The third-order valence-corrected chi connectivity index (χ3v) is 6.00. The highest BCUT2D eigenvalue weighted by Gasteiger charge is 2.32. The Hall–Kier alpha value is -2.49. The van der Waals surface area contributed by atoms with Crippen molar-refractivity contribution in [3.63, 3.8) is 0 Å². The smallest absolute Gasteiger partial charge is 0.404 e. The normalized spacial score (nSPS) is 15.2. The first-order valence-corrected chi connectivity index (χ1v) is 10.8. The number of likely N-dealkylation sites (N-methyl/N-ethyl adjacent to an activating group) is 1. The van der Waals surface area contributed by atoms with E-state index in [0.717, 1.165) is 37.4 Å². The number of benzene rings is 2. The molecule has 31 heavy (non-hydrogen) atoms. The molecule has 5 nitrogen and oxygen atoms in total. The largest absolute Gasteiger partial charge is 0.573 e. The molecule has 1 fully saturated rings. The van der Waals surface area contributed by atoms with Crippen molar-refractivity contribution >= 4 is 39.4 Å². The van der Waals surface area contributed by atoms with Crippen molar-refractivity contribution in [3.05, 3.63) is 52.9 Å². The van der Waals surface area contributed by atoms with E-state index in [1.807, 2.05) is 17.5 Å². The summed E-state index contributed by atoms with van der Waals surface area (Å²) in [6.07, 6.45) is -4.79. The van der Waals surface area contributed by atoms with Crippen molar-refractivity contribution in [1.29, 1.82) is 0 Å². The zero-order valence-electron chi connectivity index (χ0n) is 16.6. The van der Waals surface area contributed by atoms with E-state index in [-0.39, 0.29) is 5.02 Å². The van der Waals surface area contributed by atoms with Crippen molar-refractivity contribution in [3.8, 4) is 17.0 Å². The number of alkyl halides is 3. The summed E-state index contributed by atoms with van der Waals surface area (Å²) in [5, 5.41) is 5.46. The van der Waals surface area contributed by atoms with Crippen LogP contribution in [0.3, 0.4) is 0 Å². The molecule has 2 heterocycles. The van der Waals surface area contributed by atoms with Crippen LogP contribution in [0.15, 0.2) is 47.8 Å². The molecule has 0 aliphatic carbocycles. The number of nitrogens with one attached hydrogen (secondary N) is 1. The molecule has 1 aliphatic heterocycles. The second kappa shape index (κ2) is 8.94. The number of nitrogens with zero attached hydrogens (tertiary/aromatic N) is 3. The fourth-order valence-corrected chi connectivity index (χ4v) is 4.24. The van der Waals surface area contributed by atoms with Gasteiger partial charge in [0.2, 0.25) is 0 Å². The first-order valence-electron chi connectivity index (χ1n) is 9.59. The molecule has 0 radical (unpaired) electrons. The summed E-state index contributed by atoms with van der Waals surface area (Å²) in [5.74, 6) is -0.444. The number of rotatable bonds is 5. The van der Waals surface area contributed by atoms with Crippen LogP contribution >= 0.6 is 22.9 Å². The summed E-state index contributed by atoms with van der Waals surface area (Å²) in [6, 6.07) is 12.3. The predicted octanol–water partition coefficient (Wildman–Crippen LogP) is 5.86. The lowest BCUT2D eigenvalue weighted by Crippen LogP contribution is -2.44. The van der Waals surface area contributed by atoms with Gasteiger partial charge in [0.1, 0.15) is 5.75 Å². The maximum absolute atomic E-state index is 12.4. The van der Waals surface area contributed by atoms with Gasteiger partial charge in [0.05, 0.1) is 10.7 Å². The molecule has 1 aromatic heterocycles. The molecule has 164 valence electrons. The quantitative estimate of drug-likeness (QED) is 0.508. The molecule has 0 atom stereocenters. The Kier molecular flexibility index (Phi) is 6.27. The lowest BCUT2D eigenvalue weighted by molar-refractivity contribution is -0.274. The number of anilines is 3. The molecule has 0 saturated carbocycles. The summed E-state index contributed by atoms with van der Waals surface area (Å²) < 4.78 is 41.0. The molecule has 1 aliphatic rings. The van der Waals surface area contributed by atoms with Crippen LogP contribution in [0, 0.1) is 0 Å². The SMILES string of the molecule is CN1CCN(c2ccc(-c3csc(Nc4ccc(OC(F)(F)F)c(Cl)c4)n3)cc2)CC1. The van der Waals surface area contributed by atoms with E-state index < -0.39 is 12.1 Å². The van der Waals surface area contributed by atoms with Crippen LogP contribution in [-0.2, 0) is 0 Å². The molecule has 1 saturated heterocycles. The summed E-state index contributed by atoms with van der Waals surface area (Å²) in [7, 11) is 2.13. The fourth-order valence-electron chi connectivity index (χ4n) is 3.28. The highest BCUT2D eigenvalue weighted by molar-refractivity contribution is 7.14. The van der Waals surface area contributed by atoms with E-state index in [4.69, 9.17) is 11.6 Å². The van der Waals surface area contributed by atoms with E-state index in [0.29, 0.717) is 10.8 Å². The summed E-state index contributed by atoms with van der Waals surface area (Å²) in [6.45, 7) is 4.12. The Morgan fingerprint density at radius 3 is 2.42 bits per heavy atom. The van der Waals surface area contributed by atoms with E-state index >= 15 is 0 Å². The molecule has 0 amide bonds. The number of hydrogen-bond acceptors (Lipinski definition) is 6. The standard InChI is InChI=1S/C21H20ClF3N4OS/c1-28-8-10-29(11-9-28)16-5-2-14(3-6-16)18-13-31-20(27-18)26-15-4-7-19(17(22)12-15)30-21(23,24)25/h2-7,12-13H,8-11H2,1H3,(H,26,27). The third kappa shape index (κ3) is 5.61. The van der Waals surface area contributed by atoms with Crippen molar-refractivity contribution < 1.29 is 17.9 Å². The second-order valence-corrected chi connectivity index (χ2v) is 8.46. The van der Waals surface area contributed by atoms with Gasteiger partial charge in [-0.3, -0.25) is 0 Å². The first-order chi connectivity index (χ1) is 14.8. The van der Waals surface area contributed by atoms with Crippen LogP contribution in [-0.4, -0.2) is 49.5 Å². The molecule has 4 rings (SSSR count). The number of aromatic nitrogens is 1. The lowest BCUT2D eigenvalue weighted by Gasteiger charge is -2.34. The third-order valence-electron chi connectivity index (χ3n) is 4.94. The first kappa shape index (κ1) is 21.7. The van der Waals surface area contributed by atoms with E-state index in [2.05, 4.69) is 44.0 Å². The number of ether oxygens (including phenoxy) is 1. The molecule has 0 bridgehead atoms. The summed E-state index contributed by atoms with van der Waals surface area (Å²) in [5.41, 5.74) is 3.53. The van der Waals surface area contributed by atoms with Gasteiger partial charge in [-0.1, -0.05) is 23.7 Å². The molecule has 10 heteroatoms. The fraction of sp³-hybridized carbons (Fsp3) is 0.286. The van der Waals surface area contributed by atoms with Gasteiger partial charge in [0.25, 0.3) is 0 Å². The number of thiazole rings is 1. The van der Waals surface area contributed by atoms with Gasteiger partial charge < -0.3 is 19.9 Å². The highest BCUT2D eigenvalue weighted by Crippen LogP contribution is 2.34. The van der Waals surface area contributed by atoms with Gasteiger partial charge in [-0.25, -0.2) is 4.98 Å². The molecule has 2 aromatic carbocycles. The Morgan fingerprint density at radius 1 is 1.06 bits per heavy atom. The summed E-state index contributed by atoms with van der Waals surface area (Å²) >= 11 is 7.30. The minimum Gasteiger partial charge on any atom is -0.404 e. The van der Waals surface area contributed by atoms with Crippen LogP contribution in [0.5, 0.6) is 5.75 Å². The maximum Gasteiger partial charge on any atom is 0.573 e. The predicted molar refractivity (Wildman–Crippen MR) is 119 cm³/mol. The number of hydrogen-bond donors (Lipinski definition) is 1. The Bertz CT molecular complexity index is 1030. The molecule has 1 N–H and O–H groups in total. The zero-order chi connectivity index (χ0) is 22.0. The molecule has 0 spiro atoms. The number of piperazine rings is 1. The van der Waals surface area contributed by atoms with Crippen molar-refractivity contribution in [2.45, 2.75) is 6.36 Å². The van der Waals surface area contributed by atoms with Gasteiger partial charge in [-0.2, -0.15) is 0 Å². The Balaban J connectivity index is 1.42. The van der Waals surface area contributed by atoms with Crippen molar-refractivity contribution in [2.75, 3.05) is 43.4 Å². The minimum absolute atomic E-state index is 0.140. The van der Waals surface area contributed by atoms with Gasteiger partial charge in [0.15, 0.2) is 5.13 Å². The number of halogens is 4. The Labute approximate surface area is 187 Å². The average molecular weight is 469 g/mol. The Morgan fingerprint density at radius 2 is 1.77 bits per heavy atom. The minimum atomic E-state index is -4.79. The molecule has 3 aromatic rings. The molecular weight excluding hydrogens is 449 g/mol. The van der Waals surface area contributed by atoms with Gasteiger partial charge in [-0.15, -0.1) is 24.5 Å². The van der Waals surface area contributed by atoms with Crippen LogP contribution < -0.4 is 15.0 Å². The molecular formula is C21H20ClF3N4OS. The monoisotopic (exact) mass is 468 g/mol. The van der Waals surface area contributed by atoms with Gasteiger partial charge >= 0.3 is 6.36 Å². The van der Waals surface area contributed by atoms with E-state index in [1.165, 1.54) is 35.2 Å². The molecule has 0 unspecified atom stereocenters. The second-order valence-electron chi connectivity index (χ2n) is 7.19. The van der Waals surface area contributed by atoms with Crippen LogP contribution in [0.4, 0.5) is 29.7 Å². The highest BCUT2D eigenvalue weighted by atomic mass is 35.5. The van der Waals surface area contributed by atoms with Crippen LogP contribution in [0.1, 0.15) is 0 Å². The van der Waals surface area contributed by atoms with Crippen molar-refractivity contribution in [2.24, 2.45) is 0 Å². The van der Waals surface area contributed by atoms with Crippen LogP contribution in [0.25, 0.3) is 11.3 Å². The lowest BCUT2D eigenvalue weighted by atomic mass is 10.1. The van der Waals surface area contributed by atoms with E-state index in [9.17, 15) is 13.2 Å². The van der Waals surface area contributed by atoms with Crippen molar-refractivity contribution in [1.82, 2.24) is 9.88 Å². The van der Waals surface area contributed by atoms with Gasteiger partial charge in [0, 0.05) is 48.5 Å². The maximum atomic E-state index is 12.4. The topological polar surface area (TPSA) is 40.6 Å². The van der Waals surface area contributed by atoms with Crippen LogP contribution in [0.2, 0.25) is 5.02 Å². The van der Waals surface area contributed by atoms with E-state index in [1.54, 1.807) is 0 Å². The van der Waals surface area contributed by atoms with Gasteiger partial charge in [-0.05, 0) is 37.4 Å².